The number of hydrogen-bond acceptors (Lipinski definition) is 3. The van der Waals surface area contributed by atoms with E-state index in [-0.39, 0.29) is 12.5 Å². The molecule has 5 nitrogen and oxygen atoms in total. The Balaban J connectivity index is 2.26. The molecule has 2 N–H and O–H groups in total. The first-order valence-electron chi connectivity index (χ1n) is 6.29. The number of aromatic nitrogens is 2. The van der Waals surface area contributed by atoms with Gasteiger partial charge >= 0.3 is 0 Å². The average Bonchev–Trinajstić information content (AvgIpc) is 2.88. The number of carbonyl (C=O) groups is 1. The smallest absolute Gasteiger partial charge is 0.273 e. The molecular weight excluding hydrogens is 290 g/mol. The largest absolute Gasteiger partial charge is 0.395 e. The summed E-state index contributed by atoms with van der Waals surface area (Å²) in [6.07, 6.45) is 3.41. The van der Waals surface area contributed by atoms with Gasteiger partial charge in [-0.15, -0.1) is 0 Å². The van der Waals surface area contributed by atoms with Gasteiger partial charge in [-0.25, -0.2) is 4.98 Å². The molecular formula is C15H14ClN3O2. The molecule has 1 heterocycles. The molecule has 0 fully saturated rings. The zero-order valence-corrected chi connectivity index (χ0v) is 12.2. The molecule has 0 aliphatic heterocycles. The topological polar surface area (TPSA) is 67.2 Å². The number of aliphatic hydroxyl groups is 1. The van der Waals surface area contributed by atoms with Crippen LogP contribution in [0.1, 0.15) is 22.5 Å². The van der Waals surface area contributed by atoms with Crippen LogP contribution in [0, 0.1) is 11.8 Å². The van der Waals surface area contributed by atoms with Gasteiger partial charge in [0.15, 0.2) is 0 Å². The standard InChI is InChI=1S/C15H14ClN3O2/c1-19-10-17-9-14(19)15(21)18-13-6-5-12(16)8-11(13)4-2-3-7-20/h5-6,8-10,20H,3,7H2,1H3,(H,18,21). The SMILES string of the molecule is Cn1cncc1C(=O)Nc1ccc(Cl)cc1C#CCCO. The van der Waals surface area contributed by atoms with Gasteiger partial charge in [0, 0.05) is 24.1 Å². The van der Waals surface area contributed by atoms with Crippen molar-refractivity contribution in [3.63, 3.8) is 0 Å². The molecule has 108 valence electrons. The molecule has 0 aliphatic carbocycles. The van der Waals surface area contributed by atoms with E-state index in [1.54, 1.807) is 36.1 Å². The summed E-state index contributed by atoms with van der Waals surface area (Å²) < 4.78 is 1.63. The number of aryl methyl sites for hydroxylation is 1. The third kappa shape index (κ3) is 3.85. The van der Waals surface area contributed by atoms with Crippen LogP contribution in [0.25, 0.3) is 0 Å². The van der Waals surface area contributed by atoms with Crippen LogP contribution in [0.2, 0.25) is 5.02 Å². The predicted molar refractivity (Wildman–Crippen MR) is 81.2 cm³/mol. The number of aliphatic hydroxyl groups excluding tert-OH is 1. The molecule has 0 spiro atoms. The second kappa shape index (κ2) is 6.93. The van der Waals surface area contributed by atoms with Crippen molar-refractivity contribution in [1.29, 1.82) is 0 Å². The van der Waals surface area contributed by atoms with Gasteiger partial charge in [0.05, 0.1) is 24.8 Å². The maximum absolute atomic E-state index is 12.2. The molecule has 21 heavy (non-hydrogen) atoms. The maximum atomic E-state index is 12.2. The molecule has 2 rings (SSSR count). The lowest BCUT2D eigenvalue weighted by molar-refractivity contribution is 0.101. The first-order valence-corrected chi connectivity index (χ1v) is 6.66. The molecule has 0 radical (unpaired) electrons. The number of hydrogen-bond donors (Lipinski definition) is 2. The van der Waals surface area contributed by atoms with Gasteiger partial charge in [0.25, 0.3) is 5.91 Å². The van der Waals surface area contributed by atoms with Gasteiger partial charge in [-0.3, -0.25) is 4.79 Å². The summed E-state index contributed by atoms with van der Waals surface area (Å²) in [4.78, 5) is 16.1. The Hall–Kier alpha value is -2.29. The van der Waals surface area contributed by atoms with Crippen molar-refractivity contribution < 1.29 is 9.90 Å². The van der Waals surface area contributed by atoms with Crippen molar-refractivity contribution in [2.24, 2.45) is 7.05 Å². The van der Waals surface area contributed by atoms with Crippen molar-refractivity contribution in [2.75, 3.05) is 11.9 Å². The van der Waals surface area contributed by atoms with Crippen molar-refractivity contribution >= 4 is 23.2 Å². The van der Waals surface area contributed by atoms with E-state index in [1.807, 2.05) is 0 Å². The summed E-state index contributed by atoms with van der Waals surface area (Å²) in [6.45, 7) is -0.00965. The molecule has 6 heteroatoms. The van der Waals surface area contributed by atoms with Gasteiger partial charge in [0.2, 0.25) is 0 Å². The van der Waals surface area contributed by atoms with Crippen LogP contribution in [-0.4, -0.2) is 27.2 Å². The van der Waals surface area contributed by atoms with E-state index in [4.69, 9.17) is 16.7 Å². The van der Waals surface area contributed by atoms with Crippen LogP contribution < -0.4 is 5.32 Å². The molecule has 0 saturated carbocycles. The average molecular weight is 304 g/mol. The van der Waals surface area contributed by atoms with Crippen LogP contribution in [0.3, 0.4) is 0 Å². The maximum Gasteiger partial charge on any atom is 0.273 e. The van der Waals surface area contributed by atoms with Crippen LogP contribution in [-0.2, 0) is 7.05 Å². The summed E-state index contributed by atoms with van der Waals surface area (Å²) in [7, 11) is 1.74. The Bertz CT molecular complexity index is 713. The van der Waals surface area contributed by atoms with E-state index in [2.05, 4.69) is 22.1 Å². The van der Waals surface area contributed by atoms with E-state index in [0.29, 0.717) is 28.4 Å². The zero-order valence-electron chi connectivity index (χ0n) is 11.4. The number of benzene rings is 1. The summed E-state index contributed by atoms with van der Waals surface area (Å²) in [5.41, 5.74) is 1.61. The monoisotopic (exact) mass is 303 g/mol. The summed E-state index contributed by atoms with van der Waals surface area (Å²) in [5.74, 6) is 5.42. The zero-order chi connectivity index (χ0) is 15.2. The number of rotatable bonds is 3. The van der Waals surface area contributed by atoms with Crippen molar-refractivity contribution in [1.82, 2.24) is 9.55 Å². The Kier molecular flexibility index (Phi) is 4.99. The Morgan fingerprint density at radius 3 is 3.00 bits per heavy atom. The highest BCUT2D eigenvalue weighted by molar-refractivity contribution is 6.30. The van der Waals surface area contributed by atoms with Crippen LogP contribution in [0.5, 0.6) is 0 Å². The van der Waals surface area contributed by atoms with Crippen molar-refractivity contribution in [3.8, 4) is 11.8 Å². The summed E-state index contributed by atoms with van der Waals surface area (Å²) >= 11 is 5.95. The number of amides is 1. The molecule has 0 atom stereocenters. The van der Waals surface area contributed by atoms with E-state index < -0.39 is 0 Å². The lowest BCUT2D eigenvalue weighted by Gasteiger charge is -2.08. The van der Waals surface area contributed by atoms with Gasteiger partial charge < -0.3 is 15.0 Å². The number of carbonyl (C=O) groups excluding carboxylic acids is 1. The van der Waals surface area contributed by atoms with Crippen LogP contribution in [0.15, 0.2) is 30.7 Å². The van der Waals surface area contributed by atoms with Gasteiger partial charge in [-0.1, -0.05) is 23.4 Å². The van der Waals surface area contributed by atoms with Gasteiger partial charge in [0.1, 0.15) is 5.69 Å². The lowest BCUT2D eigenvalue weighted by atomic mass is 10.1. The predicted octanol–water partition coefficient (Wildman–Crippen LogP) is 2.06. The normalized spacial score (nSPS) is 9.86. The Labute approximate surface area is 127 Å². The minimum atomic E-state index is -0.275. The first kappa shape index (κ1) is 15.1. The van der Waals surface area contributed by atoms with Gasteiger partial charge in [-0.2, -0.15) is 0 Å². The Morgan fingerprint density at radius 1 is 1.52 bits per heavy atom. The van der Waals surface area contributed by atoms with Crippen LogP contribution in [0.4, 0.5) is 5.69 Å². The lowest BCUT2D eigenvalue weighted by Crippen LogP contribution is -2.16. The Morgan fingerprint density at radius 2 is 2.33 bits per heavy atom. The highest BCUT2D eigenvalue weighted by Crippen LogP contribution is 2.20. The van der Waals surface area contributed by atoms with E-state index >= 15 is 0 Å². The summed E-state index contributed by atoms with van der Waals surface area (Å²) in [5, 5.41) is 12.1. The number of nitrogens with one attached hydrogen (secondary N) is 1. The molecule has 0 unspecified atom stereocenters. The number of nitrogens with zero attached hydrogens (tertiary/aromatic N) is 2. The van der Waals surface area contributed by atoms with E-state index in [9.17, 15) is 4.79 Å². The summed E-state index contributed by atoms with van der Waals surface area (Å²) in [6, 6.07) is 5.04. The number of anilines is 1. The fourth-order valence-electron chi connectivity index (χ4n) is 1.70. The van der Waals surface area contributed by atoms with E-state index in [0.717, 1.165) is 0 Å². The molecule has 0 saturated heterocycles. The molecule has 0 aliphatic rings. The van der Waals surface area contributed by atoms with E-state index in [1.165, 1.54) is 6.20 Å². The molecule has 1 amide bonds. The third-order valence-electron chi connectivity index (χ3n) is 2.74. The minimum absolute atomic E-state index is 0.00965. The highest BCUT2D eigenvalue weighted by Gasteiger charge is 2.11. The second-order valence-electron chi connectivity index (χ2n) is 4.31. The molecule has 1 aromatic carbocycles. The second-order valence-corrected chi connectivity index (χ2v) is 4.75. The van der Waals surface area contributed by atoms with Gasteiger partial charge in [-0.05, 0) is 18.2 Å². The number of imidazole rings is 1. The minimum Gasteiger partial charge on any atom is -0.395 e. The molecule has 2 aromatic rings. The first-order chi connectivity index (χ1) is 10.1. The van der Waals surface area contributed by atoms with Crippen LogP contribution >= 0.6 is 11.6 Å². The molecule has 0 bridgehead atoms. The quantitative estimate of drug-likeness (QED) is 0.853. The fraction of sp³-hybridized carbons (Fsp3) is 0.200. The highest BCUT2D eigenvalue weighted by atomic mass is 35.5. The number of halogens is 1. The third-order valence-corrected chi connectivity index (χ3v) is 2.97. The fourth-order valence-corrected chi connectivity index (χ4v) is 1.88. The molecule has 1 aromatic heterocycles. The van der Waals surface area contributed by atoms with Crippen molar-refractivity contribution in [2.45, 2.75) is 6.42 Å². The van der Waals surface area contributed by atoms with Crippen molar-refractivity contribution in [3.05, 3.63) is 47.0 Å².